The first-order valence-corrected chi connectivity index (χ1v) is 12.0. The van der Waals surface area contributed by atoms with Crippen LogP contribution >= 0.6 is 0 Å². The van der Waals surface area contributed by atoms with Gasteiger partial charge in [-0.3, -0.25) is 9.69 Å². The third kappa shape index (κ3) is 5.03. The first-order chi connectivity index (χ1) is 15.4. The average Bonchev–Trinajstić information content (AvgIpc) is 3.44. The van der Waals surface area contributed by atoms with Gasteiger partial charge in [0.15, 0.2) is 11.5 Å². The number of nitrogens with zero attached hydrogens (tertiary/aromatic N) is 3. The Morgan fingerprint density at radius 3 is 2.56 bits per heavy atom. The molecule has 3 aliphatic rings. The quantitative estimate of drug-likeness (QED) is 0.643. The number of carbonyl (C=O) groups is 1. The molecule has 1 aromatic carbocycles. The summed E-state index contributed by atoms with van der Waals surface area (Å²) in [6.45, 7) is 10.7. The Morgan fingerprint density at radius 2 is 1.91 bits per heavy atom. The van der Waals surface area contributed by atoms with Crippen molar-refractivity contribution in [3.8, 4) is 11.5 Å². The van der Waals surface area contributed by atoms with Crippen molar-refractivity contribution in [3.63, 3.8) is 0 Å². The molecule has 1 unspecified atom stereocenters. The summed E-state index contributed by atoms with van der Waals surface area (Å²) in [6.07, 6.45) is 5.26. The van der Waals surface area contributed by atoms with Crippen molar-refractivity contribution in [3.05, 3.63) is 23.8 Å². The van der Waals surface area contributed by atoms with Gasteiger partial charge in [-0.15, -0.1) is 0 Å². The Bertz CT molecular complexity index is 842. The summed E-state index contributed by atoms with van der Waals surface area (Å²) < 4.78 is 11.7. The molecule has 176 valence electrons. The van der Waals surface area contributed by atoms with Gasteiger partial charge in [0.1, 0.15) is 0 Å². The number of hydrogen-bond donors (Lipinski definition) is 0. The van der Waals surface area contributed by atoms with Crippen molar-refractivity contribution in [2.24, 2.45) is 11.1 Å². The van der Waals surface area contributed by atoms with Crippen LogP contribution in [-0.4, -0.2) is 73.0 Å². The molecule has 0 aromatic heterocycles. The molecule has 2 heterocycles. The lowest BCUT2D eigenvalue weighted by atomic mass is 9.94. The Kier molecular flexibility index (Phi) is 6.93. The number of hydrogen-bond acceptors (Lipinski definition) is 6. The van der Waals surface area contributed by atoms with Crippen LogP contribution in [0.5, 0.6) is 11.5 Å². The molecule has 0 N–H and O–H groups in total. The van der Waals surface area contributed by atoms with Crippen LogP contribution in [0, 0.1) is 5.92 Å². The molecule has 2 aliphatic heterocycles. The predicted molar refractivity (Wildman–Crippen MR) is 124 cm³/mol. The van der Waals surface area contributed by atoms with E-state index in [1.807, 2.05) is 30.0 Å². The van der Waals surface area contributed by atoms with Gasteiger partial charge in [0.05, 0.1) is 18.9 Å². The van der Waals surface area contributed by atoms with Gasteiger partial charge in [-0.1, -0.05) is 19.0 Å². The van der Waals surface area contributed by atoms with Gasteiger partial charge in [-0.25, -0.2) is 0 Å². The lowest BCUT2D eigenvalue weighted by Crippen LogP contribution is -2.55. The van der Waals surface area contributed by atoms with Crippen molar-refractivity contribution < 1.29 is 19.1 Å². The molecule has 1 aromatic rings. The first kappa shape index (κ1) is 22.9. The minimum atomic E-state index is -0.956. The molecule has 1 atom stereocenters. The van der Waals surface area contributed by atoms with Crippen LogP contribution in [0.25, 0.3) is 0 Å². The van der Waals surface area contributed by atoms with Gasteiger partial charge in [-0.05, 0) is 56.7 Å². The molecule has 1 saturated carbocycles. The average molecular weight is 444 g/mol. The topological polar surface area (TPSA) is 63.6 Å². The molecular formula is C25H37N3O4. The van der Waals surface area contributed by atoms with E-state index in [0.29, 0.717) is 12.3 Å². The smallest absolute Gasteiger partial charge is 0.269 e. The molecule has 2 fully saturated rings. The number of carbonyl (C=O) groups excluding carboxylic acids is 1. The molecule has 0 radical (unpaired) electrons. The van der Waals surface area contributed by atoms with E-state index in [1.54, 1.807) is 7.11 Å². The summed E-state index contributed by atoms with van der Waals surface area (Å²) in [5, 5.41) is 4.32. The normalized spacial score (nSPS) is 24.5. The van der Waals surface area contributed by atoms with E-state index < -0.39 is 5.60 Å². The van der Waals surface area contributed by atoms with Crippen molar-refractivity contribution >= 4 is 11.6 Å². The maximum atomic E-state index is 13.3. The Morgan fingerprint density at radius 1 is 1.19 bits per heavy atom. The fraction of sp³-hybridized carbons (Fsp3) is 0.680. The zero-order valence-corrected chi connectivity index (χ0v) is 19.9. The molecule has 7 nitrogen and oxygen atoms in total. The fourth-order valence-corrected chi connectivity index (χ4v) is 4.93. The van der Waals surface area contributed by atoms with E-state index in [9.17, 15) is 4.79 Å². The second-order valence-electron chi connectivity index (χ2n) is 9.91. The predicted octanol–water partition coefficient (Wildman–Crippen LogP) is 3.70. The van der Waals surface area contributed by atoms with Crippen molar-refractivity contribution in [2.75, 3.05) is 39.8 Å². The summed E-state index contributed by atoms with van der Waals surface area (Å²) in [4.78, 5) is 23.4. The van der Waals surface area contributed by atoms with E-state index >= 15 is 0 Å². The molecule has 32 heavy (non-hydrogen) atoms. The molecule has 7 heteroatoms. The van der Waals surface area contributed by atoms with E-state index in [-0.39, 0.29) is 12.0 Å². The van der Waals surface area contributed by atoms with Crippen LogP contribution in [-0.2, 0) is 9.63 Å². The highest BCUT2D eigenvalue weighted by Crippen LogP contribution is 2.35. The molecule has 0 bridgehead atoms. The number of amides is 1. The van der Waals surface area contributed by atoms with Crippen LogP contribution in [0.15, 0.2) is 23.4 Å². The number of benzene rings is 1. The molecule has 1 aliphatic carbocycles. The molecular weight excluding hydrogens is 406 g/mol. The highest BCUT2D eigenvalue weighted by atomic mass is 16.7. The molecule has 1 amide bonds. The highest BCUT2D eigenvalue weighted by molar-refractivity contribution is 6.05. The van der Waals surface area contributed by atoms with Crippen molar-refractivity contribution in [1.82, 2.24) is 9.80 Å². The summed E-state index contributed by atoms with van der Waals surface area (Å²) in [7, 11) is 1.66. The Labute approximate surface area is 191 Å². The van der Waals surface area contributed by atoms with E-state index in [0.717, 1.165) is 68.3 Å². The molecule has 1 saturated heterocycles. The highest BCUT2D eigenvalue weighted by Gasteiger charge is 2.45. The summed E-state index contributed by atoms with van der Waals surface area (Å²) >= 11 is 0. The SMILES string of the molecule is COc1ccc(C2=NOC(C)(C(=O)N3CCN(CC(C)C)CC3)C2)cc1OC1CCCC1. The molecule has 0 spiro atoms. The summed E-state index contributed by atoms with van der Waals surface area (Å²) in [5.74, 6) is 2.12. The van der Waals surface area contributed by atoms with Gasteiger partial charge in [0.25, 0.3) is 5.91 Å². The van der Waals surface area contributed by atoms with E-state index in [2.05, 4.69) is 23.9 Å². The summed E-state index contributed by atoms with van der Waals surface area (Å²) in [5.41, 5.74) is 0.734. The number of ether oxygens (including phenoxy) is 2. The zero-order valence-electron chi connectivity index (χ0n) is 19.9. The number of piperazine rings is 1. The van der Waals surface area contributed by atoms with Crippen LogP contribution in [0.2, 0.25) is 0 Å². The lowest BCUT2D eigenvalue weighted by molar-refractivity contribution is -0.155. The minimum absolute atomic E-state index is 0.0244. The number of methoxy groups -OCH3 is 1. The fourth-order valence-electron chi connectivity index (χ4n) is 4.93. The van der Waals surface area contributed by atoms with Crippen LogP contribution < -0.4 is 9.47 Å². The van der Waals surface area contributed by atoms with Gasteiger partial charge in [0, 0.05) is 44.7 Å². The van der Waals surface area contributed by atoms with Crippen LogP contribution in [0.3, 0.4) is 0 Å². The maximum Gasteiger partial charge on any atom is 0.269 e. The molecule has 4 rings (SSSR count). The second kappa shape index (κ2) is 9.69. The number of rotatable bonds is 7. The monoisotopic (exact) mass is 443 g/mol. The van der Waals surface area contributed by atoms with Gasteiger partial charge >= 0.3 is 0 Å². The largest absolute Gasteiger partial charge is 0.493 e. The Hall–Kier alpha value is -2.28. The van der Waals surface area contributed by atoms with Crippen molar-refractivity contribution in [1.29, 1.82) is 0 Å². The summed E-state index contributed by atoms with van der Waals surface area (Å²) in [6, 6.07) is 5.84. The van der Waals surface area contributed by atoms with E-state index in [1.165, 1.54) is 12.8 Å². The standard InChI is InChI=1S/C25H37N3O4/c1-18(2)17-27-11-13-28(14-12-27)24(29)25(3)16-21(26-32-25)19-9-10-22(30-4)23(15-19)31-20-7-5-6-8-20/h9-10,15,18,20H,5-8,11-14,16-17H2,1-4H3. The van der Waals surface area contributed by atoms with Crippen LogP contribution in [0.4, 0.5) is 0 Å². The van der Waals surface area contributed by atoms with E-state index in [4.69, 9.17) is 14.3 Å². The number of oxime groups is 1. The van der Waals surface area contributed by atoms with Gasteiger partial charge < -0.3 is 19.2 Å². The zero-order chi connectivity index (χ0) is 22.7. The van der Waals surface area contributed by atoms with Gasteiger partial charge in [-0.2, -0.15) is 0 Å². The van der Waals surface area contributed by atoms with Gasteiger partial charge in [0.2, 0.25) is 5.60 Å². The first-order valence-electron chi connectivity index (χ1n) is 12.0. The van der Waals surface area contributed by atoms with Crippen molar-refractivity contribution in [2.45, 2.75) is 64.6 Å². The Balaban J connectivity index is 1.40. The van der Waals surface area contributed by atoms with Crippen LogP contribution in [0.1, 0.15) is 58.4 Å². The lowest BCUT2D eigenvalue weighted by Gasteiger charge is -2.38. The minimum Gasteiger partial charge on any atom is -0.493 e. The second-order valence-corrected chi connectivity index (χ2v) is 9.91. The third-order valence-electron chi connectivity index (χ3n) is 6.69. The third-order valence-corrected chi connectivity index (χ3v) is 6.69. The maximum absolute atomic E-state index is 13.3.